The lowest BCUT2D eigenvalue weighted by Gasteiger charge is -2.08. The summed E-state index contributed by atoms with van der Waals surface area (Å²) in [7, 11) is 0. The summed E-state index contributed by atoms with van der Waals surface area (Å²) >= 11 is 0. The second-order valence-electron chi connectivity index (χ2n) is 3.92. The molecule has 0 radical (unpaired) electrons. The number of benzene rings is 1. The third kappa shape index (κ3) is 2.79. The molecule has 1 aromatic heterocycles. The molecule has 0 saturated carbocycles. The van der Waals surface area contributed by atoms with E-state index >= 15 is 0 Å². The van der Waals surface area contributed by atoms with Crippen LogP contribution in [0.2, 0.25) is 0 Å². The first-order valence-electron chi connectivity index (χ1n) is 5.45. The summed E-state index contributed by atoms with van der Waals surface area (Å²) in [5, 5.41) is 0. The summed E-state index contributed by atoms with van der Waals surface area (Å²) in [5.74, 6) is 1.28. The van der Waals surface area contributed by atoms with Crippen LogP contribution in [-0.4, -0.2) is 9.97 Å². The lowest BCUT2D eigenvalue weighted by atomic mass is 10.1. The highest BCUT2D eigenvalue weighted by Crippen LogP contribution is 2.23. The van der Waals surface area contributed by atoms with Gasteiger partial charge in [0.1, 0.15) is 5.75 Å². The minimum Gasteiger partial charge on any atom is -0.437 e. The molecule has 0 bridgehead atoms. The smallest absolute Gasteiger partial charge is 0.237 e. The molecular formula is C13H15N3O. The maximum Gasteiger partial charge on any atom is 0.237 e. The number of nitrogens with zero attached hydrogens (tertiary/aromatic N) is 2. The normalized spacial score (nSPS) is 10.3. The molecule has 0 aliphatic rings. The molecule has 0 aliphatic heterocycles. The highest BCUT2D eigenvalue weighted by atomic mass is 16.5. The van der Waals surface area contributed by atoms with Crippen molar-refractivity contribution in [2.45, 2.75) is 20.4 Å². The third-order valence-electron chi connectivity index (χ3n) is 2.44. The maximum absolute atomic E-state index is 5.65. The monoisotopic (exact) mass is 229 g/mol. The molecule has 88 valence electrons. The second-order valence-corrected chi connectivity index (χ2v) is 3.92. The summed E-state index contributed by atoms with van der Waals surface area (Å²) < 4.78 is 5.65. The molecule has 0 atom stereocenters. The fourth-order valence-corrected chi connectivity index (χ4v) is 1.53. The van der Waals surface area contributed by atoms with Crippen LogP contribution in [0.5, 0.6) is 11.6 Å². The number of hydrogen-bond acceptors (Lipinski definition) is 4. The molecule has 2 N–H and O–H groups in total. The Morgan fingerprint density at radius 3 is 2.59 bits per heavy atom. The number of nitrogens with two attached hydrogens (primary N) is 1. The van der Waals surface area contributed by atoms with Crippen molar-refractivity contribution in [1.82, 2.24) is 9.97 Å². The van der Waals surface area contributed by atoms with Crippen molar-refractivity contribution < 1.29 is 4.74 Å². The van der Waals surface area contributed by atoms with Gasteiger partial charge in [0.15, 0.2) is 0 Å². The van der Waals surface area contributed by atoms with Crippen LogP contribution in [0.25, 0.3) is 0 Å². The predicted molar refractivity (Wildman–Crippen MR) is 65.9 cm³/mol. The van der Waals surface area contributed by atoms with Gasteiger partial charge >= 0.3 is 0 Å². The molecule has 0 amide bonds. The quantitative estimate of drug-likeness (QED) is 0.877. The highest BCUT2D eigenvalue weighted by molar-refractivity contribution is 5.37. The Morgan fingerprint density at radius 1 is 1.18 bits per heavy atom. The van der Waals surface area contributed by atoms with Gasteiger partial charge in [0, 0.05) is 6.54 Å². The standard InChI is InChI=1S/C13H15N3O/c1-9-3-4-12(10(2)5-9)17-13-8-15-11(6-14)7-16-13/h3-5,7-8H,6,14H2,1-2H3. The lowest BCUT2D eigenvalue weighted by Crippen LogP contribution is -2.00. The van der Waals surface area contributed by atoms with Gasteiger partial charge in [-0.1, -0.05) is 17.7 Å². The number of hydrogen-bond donors (Lipinski definition) is 1. The average molecular weight is 229 g/mol. The number of aromatic nitrogens is 2. The second kappa shape index (κ2) is 4.93. The number of ether oxygens (including phenoxy) is 1. The molecular weight excluding hydrogens is 214 g/mol. The van der Waals surface area contributed by atoms with E-state index in [0.717, 1.165) is 17.0 Å². The molecule has 0 aliphatic carbocycles. The zero-order chi connectivity index (χ0) is 12.3. The Labute approximate surface area is 100 Å². The number of rotatable bonds is 3. The van der Waals surface area contributed by atoms with E-state index in [4.69, 9.17) is 10.5 Å². The summed E-state index contributed by atoms with van der Waals surface area (Å²) in [4.78, 5) is 8.27. The van der Waals surface area contributed by atoms with E-state index in [1.54, 1.807) is 12.4 Å². The molecule has 2 aromatic rings. The molecule has 0 saturated heterocycles. The maximum atomic E-state index is 5.65. The minimum absolute atomic E-state index is 0.386. The van der Waals surface area contributed by atoms with E-state index in [-0.39, 0.29) is 0 Å². The van der Waals surface area contributed by atoms with Gasteiger partial charge < -0.3 is 10.5 Å². The van der Waals surface area contributed by atoms with Crippen molar-refractivity contribution >= 4 is 0 Å². The molecule has 0 fully saturated rings. The van der Waals surface area contributed by atoms with Crippen molar-refractivity contribution in [2.75, 3.05) is 0 Å². The van der Waals surface area contributed by atoms with Crippen LogP contribution >= 0.6 is 0 Å². The summed E-state index contributed by atoms with van der Waals surface area (Å²) in [6.45, 7) is 4.44. The Morgan fingerprint density at radius 2 is 2.00 bits per heavy atom. The molecule has 1 heterocycles. The minimum atomic E-state index is 0.386. The molecule has 2 rings (SSSR count). The van der Waals surface area contributed by atoms with Crippen LogP contribution in [0.15, 0.2) is 30.6 Å². The topological polar surface area (TPSA) is 61.0 Å². The van der Waals surface area contributed by atoms with Gasteiger partial charge in [-0.3, -0.25) is 4.98 Å². The molecule has 4 heteroatoms. The van der Waals surface area contributed by atoms with Crippen LogP contribution in [0.3, 0.4) is 0 Å². The van der Waals surface area contributed by atoms with Gasteiger partial charge in [-0.15, -0.1) is 0 Å². The first-order chi connectivity index (χ1) is 8.19. The fraction of sp³-hybridized carbons (Fsp3) is 0.231. The Hall–Kier alpha value is -1.94. The predicted octanol–water partition coefficient (Wildman–Crippen LogP) is 2.34. The Kier molecular flexibility index (Phi) is 3.35. The van der Waals surface area contributed by atoms with Crippen molar-refractivity contribution in [3.8, 4) is 11.6 Å². The van der Waals surface area contributed by atoms with E-state index in [9.17, 15) is 0 Å². The first kappa shape index (κ1) is 11.5. The van der Waals surface area contributed by atoms with Crippen molar-refractivity contribution in [3.05, 3.63) is 47.4 Å². The van der Waals surface area contributed by atoms with E-state index in [0.29, 0.717) is 12.4 Å². The van der Waals surface area contributed by atoms with Crippen molar-refractivity contribution in [2.24, 2.45) is 5.73 Å². The van der Waals surface area contributed by atoms with Crippen LogP contribution < -0.4 is 10.5 Å². The van der Waals surface area contributed by atoms with Crippen molar-refractivity contribution in [3.63, 3.8) is 0 Å². The van der Waals surface area contributed by atoms with Crippen LogP contribution in [-0.2, 0) is 6.54 Å². The average Bonchev–Trinajstić information content (AvgIpc) is 2.34. The zero-order valence-corrected chi connectivity index (χ0v) is 9.97. The summed E-state index contributed by atoms with van der Waals surface area (Å²) in [5.41, 5.74) is 8.48. The fourth-order valence-electron chi connectivity index (χ4n) is 1.53. The van der Waals surface area contributed by atoms with Gasteiger partial charge in [0.25, 0.3) is 0 Å². The summed E-state index contributed by atoms with van der Waals surface area (Å²) in [6.07, 6.45) is 3.21. The molecule has 0 unspecified atom stereocenters. The molecule has 4 nitrogen and oxygen atoms in total. The van der Waals surface area contributed by atoms with Crippen LogP contribution in [0, 0.1) is 13.8 Å². The van der Waals surface area contributed by atoms with Gasteiger partial charge in [0.05, 0.1) is 18.1 Å². The summed E-state index contributed by atoms with van der Waals surface area (Å²) in [6, 6.07) is 6.00. The first-order valence-corrected chi connectivity index (χ1v) is 5.45. The largest absolute Gasteiger partial charge is 0.437 e. The van der Waals surface area contributed by atoms with Gasteiger partial charge in [-0.05, 0) is 25.5 Å². The molecule has 17 heavy (non-hydrogen) atoms. The van der Waals surface area contributed by atoms with Gasteiger partial charge in [-0.25, -0.2) is 4.98 Å². The van der Waals surface area contributed by atoms with Crippen LogP contribution in [0.1, 0.15) is 16.8 Å². The van der Waals surface area contributed by atoms with E-state index < -0.39 is 0 Å². The molecule has 0 spiro atoms. The van der Waals surface area contributed by atoms with Crippen molar-refractivity contribution in [1.29, 1.82) is 0 Å². The van der Waals surface area contributed by atoms with Gasteiger partial charge in [-0.2, -0.15) is 0 Å². The lowest BCUT2D eigenvalue weighted by molar-refractivity contribution is 0.455. The Bertz CT molecular complexity index is 509. The van der Waals surface area contributed by atoms with E-state index in [1.807, 2.05) is 26.0 Å². The molecule has 1 aromatic carbocycles. The third-order valence-corrected chi connectivity index (χ3v) is 2.44. The van der Waals surface area contributed by atoms with Crippen LogP contribution in [0.4, 0.5) is 0 Å². The number of aryl methyl sites for hydroxylation is 2. The Balaban J connectivity index is 2.19. The highest BCUT2D eigenvalue weighted by Gasteiger charge is 2.03. The van der Waals surface area contributed by atoms with E-state index in [2.05, 4.69) is 16.0 Å². The van der Waals surface area contributed by atoms with Gasteiger partial charge in [0.2, 0.25) is 5.88 Å². The van der Waals surface area contributed by atoms with E-state index in [1.165, 1.54) is 5.56 Å². The SMILES string of the molecule is Cc1ccc(Oc2cnc(CN)cn2)c(C)c1. The zero-order valence-electron chi connectivity index (χ0n) is 9.97.